The number of esters is 1. The van der Waals surface area contributed by atoms with Gasteiger partial charge < -0.3 is 26.4 Å². The number of benzene rings is 3. The summed E-state index contributed by atoms with van der Waals surface area (Å²) in [4.78, 5) is 12.4. The lowest BCUT2D eigenvalue weighted by Crippen LogP contribution is -2.09. The predicted molar refractivity (Wildman–Crippen MR) is 95.4 cm³/mol. The van der Waals surface area contributed by atoms with E-state index >= 15 is 0 Å². The third-order valence-corrected chi connectivity index (χ3v) is 3.70. The molecule has 0 atom stereocenters. The summed E-state index contributed by atoms with van der Waals surface area (Å²) in [6, 6.07) is 15.5. The Labute approximate surface area is 143 Å². The van der Waals surface area contributed by atoms with E-state index in [1.165, 1.54) is 30.3 Å². The van der Waals surface area contributed by atoms with Crippen molar-refractivity contribution in [2.45, 2.75) is 0 Å². The van der Waals surface area contributed by atoms with Crippen molar-refractivity contribution >= 4 is 17.3 Å². The average Bonchev–Trinajstić information content (AvgIpc) is 2.59. The Hall–Kier alpha value is -3.67. The molecule has 126 valence electrons. The van der Waals surface area contributed by atoms with Crippen LogP contribution in [0.15, 0.2) is 60.7 Å². The molecule has 0 aliphatic rings. The number of nitrogen functional groups attached to an aromatic ring is 2. The van der Waals surface area contributed by atoms with E-state index in [4.69, 9.17) is 16.2 Å². The number of ether oxygens (including phenoxy) is 1. The predicted octanol–water partition coefficient (Wildman–Crippen LogP) is 3.15. The number of carbonyl (C=O) groups is 1. The number of hydrogen-bond acceptors (Lipinski definition) is 6. The van der Waals surface area contributed by atoms with Crippen LogP contribution in [0.5, 0.6) is 17.2 Å². The SMILES string of the molecule is Nc1ccc(OC(=O)c2ccc(N)c(-c3ccccc3O)c2)cc1O. The minimum atomic E-state index is -0.624. The van der Waals surface area contributed by atoms with Crippen LogP contribution in [0.3, 0.4) is 0 Å². The molecule has 0 heterocycles. The zero-order valence-corrected chi connectivity index (χ0v) is 13.1. The fourth-order valence-corrected chi connectivity index (χ4v) is 2.37. The third kappa shape index (κ3) is 3.32. The highest BCUT2D eigenvalue weighted by Crippen LogP contribution is 2.34. The van der Waals surface area contributed by atoms with Crippen molar-refractivity contribution in [2.75, 3.05) is 11.5 Å². The summed E-state index contributed by atoms with van der Waals surface area (Å²) in [5.74, 6) is -0.570. The molecule has 0 saturated heterocycles. The number of rotatable bonds is 3. The third-order valence-electron chi connectivity index (χ3n) is 3.70. The van der Waals surface area contributed by atoms with Crippen LogP contribution in [0.1, 0.15) is 10.4 Å². The molecule has 0 spiro atoms. The monoisotopic (exact) mass is 336 g/mol. The van der Waals surface area contributed by atoms with Gasteiger partial charge in [0.2, 0.25) is 0 Å². The Morgan fingerprint density at radius 1 is 0.800 bits per heavy atom. The zero-order valence-electron chi connectivity index (χ0n) is 13.1. The van der Waals surface area contributed by atoms with E-state index in [1.54, 1.807) is 30.3 Å². The zero-order chi connectivity index (χ0) is 18.0. The van der Waals surface area contributed by atoms with Gasteiger partial charge in [-0.3, -0.25) is 0 Å². The Morgan fingerprint density at radius 3 is 2.24 bits per heavy atom. The van der Waals surface area contributed by atoms with Crippen LogP contribution in [-0.2, 0) is 0 Å². The maximum absolute atomic E-state index is 12.4. The maximum Gasteiger partial charge on any atom is 0.343 e. The van der Waals surface area contributed by atoms with Crippen LogP contribution in [-0.4, -0.2) is 16.2 Å². The van der Waals surface area contributed by atoms with Gasteiger partial charge in [0.25, 0.3) is 0 Å². The van der Waals surface area contributed by atoms with E-state index < -0.39 is 5.97 Å². The van der Waals surface area contributed by atoms with Gasteiger partial charge in [-0.1, -0.05) is 18.2 Å². The fourth-order valence-electron chi connectivity index (χ4n) is 2.37. The first-order valence-electron chi connectivity index (χ1n) is 7.44. The molecule has 0 fully saturated rings. The lowest BCUT2D eigenvalue weighted by Gasteiger charge is -2.11. The molecule has 3 aromatic rings. The second-order valence-electron chi connectivity index (χ2n) is 5.43. The smallest absolute Gasteiger partial charge is 0.343 e. The van der Waals surface area contributed by atoms with Crippen molar-refractivity contribution in [1.29, 1.82) is 0 Å². The first-order chi connectivity index (χ1) is 12.0. The Balaban J connectivity index is 1.92. The summed E-state index contributed by atoms with van der Waals surface area (Å²) in [5.41, 5.74) is 13.4. The highest BCUT2D eigenvalue weighted by atomic mass is 16.5. The summed E-state index contributed by atoms with van der Waals surface area (Å²) >= 11 is 0. The van der Waals surface area contributed by atoms with Gasteiger partial charge in [-0.05, 0) is 36.4 Å². The van der Waals surface area contributed by atoms with Gasteiger partial charge in [0.05, 0.1) is 11.3 Å². The molecule has 6 heteroatoms. The molecule has 0 aliphatic heterocycles. The largest absolute Gasteiger partial charge is 0.507 e. The molecule has 6 N–H and O–H groups in total. The molecule has 0 aliphatic carbocycles. The van der Waals surface area contributed by atoms with Crippen LogP contribution in [0.4, 0.5) is 11.4 Å². The number of nitrogens with two attached hydrogens (primary N) is 2. The van der Waals surface area contributed by atoms with Crippen molar-refractivity contribution < 1.29 is 19.7 Å². The average molecular weight is 336 g/mol. The van der Waals surface area contributed by atoms with Crippen molar-refractivity contribution in [2.24, 2.45) is 0 Å². The molecule has 0 aromatic heterocycles. The highest BCUT2D eigenvalue weighted by molar-refractivity contribution is 5.95. The van der Waals surface area contributed by atoms with Gasteiger partial charge >= 0.3 is 5.97 Å². The van der Waals surface area contributed by atoms with Gasteiger partial charge in [0, 0.05) is 22.9 Å². The van der Waals surface area contributed by atoms with Gasteiger partial charge in [-0.2, -0.15) is 0 Å². The van der Waals surface area contributed by atoms with E-state index in [9.17, 15) is 15.0 Å². The van der Waals surface area contributed by atoms with Gasteiger partial charge in [-0.15, -0.1) is 0 Å². The number of hydrogen-bond donors (Lipinski definition) is 4. The van der Waals surface area contributed by atoms with Gasteiger partial charge in [0.15, 0.2) is 0 Å². The van der Waals surface area contributed by atoms with Crippen molar-refractivity contribution in [3.8, 4) is 28.4 Å². The molecular weight excluding hydrogens is 320 g/mol. The minimum Gasteiger partial charge on any atom is -0.507 e. The number of phenolic OH excluding ortho intramolecular Hbond substituents is 2. The molecule has 0 unspecified atom stereocenters. The normalized spacial score (nSPS) is 10.4. The van der Waals surface area contributed by atoms with E-state index in [-0.39, 0.29) is 28.5 Å². The lowest BCUT2D eigenvalue weighted by molar-refractivity contribution is 0.0734. The lowest BCUT2D eigenvalue weighted by atomic mass is 10.0. The number of aromatic hydroxyl groups is 2. The summed E-state index contributed by atoms with van der Waals surface area (Å²) in [5, 5.41) is 19.6. The molecule has 6 nitrogen and oxygen atoms in total. The molecule has 0 radical (unpaired) electrons. The summed E-state index contributed by atoms with van der Waals surface area (Å²) in [6.45, 7) is 0. The van der Waals surface area contributed by atoms with E-state index in [1.807, 2.05) is 0 Å². The standard InChI is InChI=1S/C19H16N2O4/c20-15-7-5-11(9-14(15)13-3-1-2-4-17(13)22)19(24)25-12-6-8-16(21)18(23)10-12/h1-10,22-23H,20-21H2. The topological polar surface area (TPSA) is 119 Å². The molecule has 3 rings (SSSR count). The van der Waals surface area contributed by atoms with Crippen molar-refractivity contribution in [1.82, 2.24) is 0 Å². The van der Waals surface area contributed by atoms with Gasteiger partial charge in [-0.25, -0.2) is 4.79 Å². The maximum atomic E-state index is 12.4. The van der Waals surface area contributed by atoms with Crippen molar-refractivity contribution in [3.63, 3.8) is 0 Å². The van der Waals surface area contributed by atoms with Crippen LogP contribution < -0.4 is 16.2 Å². The number of phenols is 2. The molecule has 0 saturated carbocycles. The quantitative estimate of drug-likeness (QED) is 0.252. The highest BCUT2D eigenvalue weighted by Gasteiger charge is 2.14. The first kappa shape index (κ1) is 16.2. The fraction of sp³-hybridized carbons (Fsp3) is 0. The summed E-state index contributed by atoms with van der Waals surface area (Å²) in [7, 11) is 0. The molecule has 25 heavy (non-hydrogen) atoms. The van der Waals surface area contributed by atoms with Crippen LogP contribution in [0.25, 0.3) is 11.1 Å². The van der Waals surface area contributed by atoms with Crippen molar-refractivity contribution in [3.05, 3.63) is 66.2 Å². The first-order valence-corrected chi connectivity index (χ1v) is 7.44. The van der Waals surface area contributed by atoms with E-state index in [2.05, 4.69) is 0 Å². The number of carbonyl (C=O) groups excluding carboxylic acids is 1. The minimum absolute atomic E-state index is 0.0585. The molecular formula is C19H16N2O4. The molecule has 0 bridgehead atoms. The Morgan fingerprint density at radius 2 is 1.52 bits per heavy atom. The van der Waals surface area contributed by atoms with E-state index in [0.717, 1.165) is 0 Å². The second-order valence-corrected chi connectivity index (χ2v) is 5.43. The van der Waals surface area contributed by atoms with Crippen LogP contribution in [0, 0.1) is 0 Å². The Bertz CT molecular complexity index is 954. The summed E-state index contributed by atoms with van der Waals surface area (Å²) < 4.78 is 5.24. The molecule has 0 amide bonds. The van der Waals surface area contributed by atoms with Gasteiger partial charge in [0.1, 0.15) is 17.2 Å². The number of anilines is 2. The summed E-state index contributed by atoms with van der Waals surface area (Å²) in [6.07, 6.45) is 0. The van der Waals surface area contributed by atoms with E-state index in [0.29, 0.717) is 16.8 Å². The second kappa shape index (κ2) is 6.45. The number of para-hydroxylation sites is 1. The molecule has 3 aromatic carbocycles. The Kier molecular flexibility index (Phi) is 4.18. The van der Waals surface area contributed by atoms with Crippen LogP contribution in [0.2, 0.25) is 0 Å². The van der Waals surface area contributed by atoms with Crippen LogP contribution >= 0.6 is 0 Å².